The molecule has 1 fully saturated rings. The molecule has 37 heavy (non-hydrogen) atoms. The van der Waals surface area contributed by atoms with Gasteiger partial charge in [0.05, 0.1) is 17.0 Å². The Morgan fingerprint density at radius 3 is 2.30 bits per heavy atom. The fourth-order valence-corrected chi connectivity index (χ4v) is 4.97. The molecule has 0 atom stereocenters. The topological polar surface area (TPSA) is 52.3 Å². The number of nitrogens with zero attached hydrogens (tertiary/aromatic N) is 4. The fraction of sp³-hybridized carbons (Fsp3) is 0.462. The number of ether oxygens (including phenoxy) is 1. The Morgan fingerprint density at radius 2 is 1.73 bits per heavy atom. The van der Waals surface area contributed by atoms with Crippen molar-refractivity contribution in [3.63, 3.8) is 0 Å². The molecule has 0 unspecified atom stereocenters. The minimum absolute atomic E-state index is 0.00735. The number of alkyl halides is 3. The van der Waals surface area contributed by atoms with Crippen molar-refractivity contribution in [3.05, 3.63) is 58.9 Å². The molecule has 0 bridgehead atoms. The van der Waals surface area contributed by atoms with Gasteiger partial charge in [-0.3, -0.25) is 4.68 Å². The number of hydrogen-bond donors (Lipinski definition) is 0. The van der Waals surface area contributed by atoms with Crippen LogP contribution >= 0.6 is 0 Å². The summed E-state index contributed by atoms with van der Waals surface area (Å²) in [5.74, 6) is -1.15. The number of fused-ring (bicyclic) bond motifs is 1. The maximum atomic E-state index is 14.8. The van der Waals surface area contributed by atoms with E-state index in [0.717, 1.165) is 12.1 Å². The van der Waals surface area contributed by atoms with Gasteiger partial charge in [-0.05, 0) is 57.4 Å². The zero-order valence-electron chi connectivity index (χ0n) is 20.9. The van der Waals surface area contributed by atoms with Gasteiger partial charge in [-0.2, -0.15) is 18.3 Å². The Kier molecular flexibility index (Phi) is 5.69. The average molecular weight is 523 g/mol. The Labute approximate surface area is 210 Å². The highest BCUT2D eigenvalue weighted by Crippen LogP contribution is 2.58. The number of hydrogen-bond acceptors (Lipinski definition) is 4. The van der Waals surface area contributed by atoms with Gasteiger partial charge in [0.15, 0.2) is 0 Å². The van der Waals surface area contributed by atoms with E-state index in [1.807, 2.05) is 4.90 Å². The van der Waals surface area contributed by atoms with Crippen LogP contribution in [0.25, 0.3) is 11.3 Å². The van der Waals surface area contributed by atoms with Crippen LogP contribution in [0.4, 0.5) is 32.6 Å². The van der Waals surface area contributed by atoms with Gasteiger partial charge < -0.3 is 9.64 Å². The number of anilines is 1. The number of aromatic nitrogens is 3. The van der Waals surface area contributed by atoms with Crippen LogP contribution in [0, 0.1) is 11.6 Å². The molecule has 1 aliphatic heterocycles. The van der Waals surface area contributed by atoms with E-state index in [4.69, 9.17) is 4.74 Å². The van der Waals surface area contributed by atoms with Gasteiger partial charge >= 0.3 is 12.3 Å². The molecule has 6 nitrogen and oxygen atoms in total. The minimum atomic E-state index is -4.38. The predicted octanol–water partition coefficient (Wildman–Crippen LogP) is 6.11. The highest BCUT2D eigenvalue weighted by atomic mass is 19.4. The molecule has 5 rings (SSSR count). The molecular formula is C26H27F5N4O2. The molecule has 0 N–H and O–H groups in total. The van der Waals surface area contributed by atoms with Crippen LogP contribution in [0.1, 0.15) is 50.6 Å². The van der Waals surface area contributed by atoms with Gasteiger partial charge in [-0.15, -0.1) is 0 Å². The van der Waals surface area contributed by atoms with E-state index in [0.29, 0.717) is 30.0 Å². The molecule has 3 aromatic rings. The lowest BCUT2D eigenvalue weighted by Gasteiger charge is -2.29. The number of carbonyl (C=O) groups excluding carboxylic acids is 1. The molecule has 0 radical (unpaired) electrons. The van der Waals surface area contributed by atoms with Crippen LogP contribution in [-0.4, -0.2) is 38.8 Å². The van der Waals surface area contributed by atoms with E-state index >= 15 is 0 Å². The van der Waals surface area contributed by atoms with Crippen molar-refractivity contribution in [2.75, 3.05) is 11.4 Å². The highest BCUT2D eigenvalue weighted by molar-refractivity contribution is 5.81. The Hall–Kier alpha value is -3.37. The van der Waals surface area contributed by atoms with E-state index in [-0.39, 0.29) is 36.3 Å². The lowest BCUT2D eigenvalue weighted by molar-refractivity contribution is -0.161. The van der Waals surface area contributed by atoms with Gasteiger partial charge in [0.25, 0.3) is 0 Å². The van der Waals surface area contributed by atoms with Crippen LogP contribution in [-0.2, 0) is 30.2 Å². The van der Waals surface area contributed by atoms with Crippen molar-refractivity contribution in [1.82, 2.24) is 14.3 Å². The second-order valence-corrected chi connectivity index (χ2v) is 10.7. The highest BCUT2D eigenvalue weighted by Gasteiger charge is 2.65. The number of carbonyl (C=O) groups is 1. The molecule has 11 heteroatoms. The summed E-state index contributed by atoms with van der Waals surface area (Å²) in [7, 11) is 1.59. The second-order valence-electron chi connectivity index (χ2n) is 10.7. The van der Waals surface area contributed by atoms with Crippen molar-refractivity contribution >= 4 is 11.9 Å². The zero-order chi connectivity index (χ0) is 26.9. The third-order valence-electron chi connectivity index (χ3n) is 6.93. The summed E-state index contributed by atoms with van der Waals surface area (Å²) in [6.07, 6.45) is -4.82. The van der Waals surface area contributed by atoms with E-state index in [2.05, 4.69) is 5.10 Å². The number of benzene rings is 1. The summed E-state index contributed by atoms with van der Waals surface area (Å²) in [6.45, 7) is 5.65. The largest absolute Gasteiger partial charge is 0.443 e. The van der Waals surface area contributed by atoms with E-state index in [1.165, 1.54) is 21.4 Å². The SMILES string of the molecule is Cn1nc(C2(C(F)(F)F)CC2)cc1N1CCc2c(cc(-c3c(F)cccc3F)n2C(=O)OC(C)(C)C)C1. The molecule has 0 saturated heterocycles. The van der Waals surface area contributed by atoms with Gasteiger partial charge in [0.2, 0.25) is 0 Å². The number of aryl methyl sites for hydroxylation is 1. The third kappa shape index (κ3) is 4.27. The number of halogens is 5. The first-order chi connectivity index (χ1) is 17.2. The summed E-state index contributed by atoms with van der Waals surface area (Å²) in [4.78, 5) is 15.0. The van der Waals surface area contributed by atoms with E-state index in [9.17, 15) is 26.7 Å². The maximum Gasteiger partial charge on any atom is 0.419 e. The molecule has 198 valence electrons. The van der Waals surface area contributed by atoms with Crippen molar-refractivity contribution in [1.29, 1.82) is 0 Å². The quantitative estimate of drug-likeness (QED) is 0.390. The van der Waals surface area contributed by atoms with Crippen LogP contribution < -0.4 is 4.90 Å². The van der Waals surface area contributed by atoms with Gasteiger partial charge in [-0.25, -0.2) is 18.1 Å². The Bertz CT molecular complexity index is 1360. The molecule has 2 aliphatic rings. The molecule has 1 aromatic carbocycles. The molecule has 3 heterocycles. The smallest absolute Gasteiger partial charge is 0.419 e. The Balaban J connectivity index is 1.55. The average Bonchev–Trinajstić information content (AvgIpc) is 3.39. The summed E-state index contributed by atoms with van der Waals surface area (Å²) < 4.78 is 78.7. The van der Waals surface area contributed by atoms with Gasteiger partial charge in [-0.1, -0.05) is 6.07 Å². The maximum absolute atomic E-state index is 14.8. The van der Waals surface area contributed by atoms with E-state index < -0.39 is 34.9 Å². The minimum Gasteiger partial charge on any atom is -0.443 e. The molecule has 2 aromatic heterocycles. The third-order valence-corrected chi connectivity index (χ3v) is 6.93. The monoisotopic (exact) mass is 522 g/mol. The first kappa shape index (κ1) is 25.3. The Morgan fingerprint density at radius 1 is 1.08 bits per heavy atom. The molecule has 1 aliphatic carbocycles. The molecular weight excluding hydrogens is 495 g/mol. The molecule has 0 amide bonds. The van der Waals surface area contributed by atoms with E-state index in [1.54, 1.807) is 33.9 Å². The summed E-state index contributed by atoms with van der Waals surface area (Å²) in [5, 5.41) is 4.18. The second kappa shape index (κ2) is 8.32. The first-order valence-corrected chi connectivity index (χ1v) is 12.0. The summed E-state index contributed by atoms with van der Waals surface area (Å²) in [5.41, 5.74) is -1.92. The lowest BCUT2D eigenvalue weighted by atomic mass is 10.0. The van der Waals surface area contributed by atoms with Crippen molar-refractivity contribution in [2.45, 2.75) is 63.8 Å². The van der Waals surface area contributed by atoms with Crippen LogP contribution in [0.5, 0.6) is 0 Å². The lowest BCUT2D eigenvalue weighted by Crippen LogP contribution is -2.34. The summed E-state index contributed by atoms with van der Waals surface area (Å²) >= 11 is 0. The molecule has 0 spiro atoms. The first-order valence-electron chi connectivity index (χ1n) is 12.0. The van der Waals surface area contributed by atoms with Gasteiger partial charge in [0, 0.05) is 38.3 Å². The number of rotatable bonds is 3. The van der Waals surface area contributed by atoms with Crippen LogP contribution in [0.2, 0.25) is 0 Å². The van der Waals surface area contributed by atoms with Crippen LogP contribution in [0.3, 0.4) is 0 Å². The fourth-order valence-electron chi connectivity index (χ4n) is 4.97. The molecule has 1 saturated carbocycles. The van der Waals surface area contributed by atoms with Crippen LogP contribution in [0.15, 0.2) is 30.3 Å². The van der Waals surface area contributed by atoms with Gasteiger partial charge in [0.1, 0.15) is 28.5 Å². The van der Waals surface area contributed by atoms with Crippen molar-refractivity contribution in [2.24, 2.45) is 7.05 Å². The standard InChI is InChI=1S/C26H27F5N4O2/c1-24(2,3)37-23(36)35-18-8-11-34(14-15(18)12-19(35)22-16(27)6-5-7-17(22)28)21-13-20(32-33(21)4)25(9-10-25)26(29,30)31/h5-7,12-13H,8-11,14H2,1-4H3. The predicted molar refractivity (Wildman–Crippen MR) is 126 cm³/mol. The van der Waals surface area contributed by atoms with Crippen molar-refractivity contribution < 1.29 is 31.5 Å². The van der Waals surface area contributed by atoms with Crippen molar-refractivity contribution in [3.8, 4) is 11.3 Å². The zero-order valence-corrected chi connectivity index (χ0v) is 20.9. The summed E-state index contributed by atoms with van der Waals surface area (Å²) in [6, 6.07) is 6.48. The normalized spacial score (nSPS) is 17.1.